The Balaban J connectivity index is 2.08. The van der Waals surface area contributed by atoms with Gasteiger partial charge in [0.05, 0.1) is 0 Å². The lowest BCUT2D eigenvalue weighted by molar-refractivity contribution is 0.326. The van der Waals surface area contributed by atoms with Crippen LogP contribution < -0.4 is 0 Å². The predicted octanol–water partition coefficient (Wildman–Crippen LogP) is 4.95. The van der Waals surface area contributed by atoms with Gasteiger partial charge in [-0.1, -0.05) is 6.08 Å². The zero-order valence-electron chi connectivity index (χ0n) is 10.3. The fraction of sp³-hybridized carbons (Fsp3) is 0.467. The van der Waals surface area contributed by atoms with Gasteiger partial charge in [0, 0.05) is 0 Å². The molecule has 1 aromatic carbocycles. The molecule has 1 saturated carbocycles. The van der Waals surface area contributed by atoms with Crippen LogP contribution >= 0.6 is 0 Å². The SMILES string of the molecule is C=CC[C@H]1CC[C@H](c2cc(F)c(F)c(F)c2)CC1. The van der Waals surface area contributed by atoms with Gasteiger partial charge in [0.1, 0.15) is 0 Å². The van der Waals surface area contributed by atoms with E-state index in [-0.39, 0.29) is 5.92 Å². The Morgan fingerprint density at radius 1 is 1.06 bits per heavy atom. The summed E-state index contributed by atoms with van der Waals surface area (Å²) in [5, 5.41) is 0. The average molecular weight is 254 g/mol. The van der Waals surface area contributed by atoms with E-state index in [9.17, 15) is 13.2 Å². The van der Waals surface area contributed by atoms with E-state index >= 15 is 0 Å². The molecule has 0 unspecified atom stereocenters. The van der Waals surface area contributed by atoms with Crippen molar-refractivity contribution in [3.05, 3.63) is 47.8 Å². The minimum atomic E-state index is -1.38. The monoisotopic (exact) mass is 254 g/mol. The van der Waals surface area contributed by atoms with Crippen LogP contribution in [0.15, 0.2) is 24.8 Å². The quantitative estimate of drug-likeness (QED) is 0.528. The van der Waals surface area contributed by atoms with Gasteiger partial charge >= 0.3 is 0 Å². The smallest absolute Gasteiger partial charge is 0.194 e. The molecule has 18 heavy (non-hydrogen) atoms. The second-order valence-electron chi connectivity index (χ2n) is 5.04. The van der Waals surface area contributed by atoms with Gasteiger partial charge in [-0.3, -0.25) is 0 Å². The van der Waals surface area contributed by atoms with Crippen LogP contribution in [0.2, 0.25) is 0 Å². The summed E-state index contributed by atoms with van der Waals surface area (Å²) in [5.74, 6) is -2.76. The van der Waals surface area contributed by atoms with Crippen LogP contribution in [0.5, 0.6) is 0 Å². The van der Waals surface area contributed by atoms with Crippen molar-refractivity contribution in [1.82, 2.24) is 0 Å². The van der Waals surface area contributed by atoms with Crippen molar-refractivity contribution in [1.29, 1.82) is 0 Å². The molecular weight excluding hydrogens is 237 g/mol. The predicted molar refractivity (Wildman–Crippen MR) is 65.8 cm³/mol. The number of hydrogen-bond acceptors (Lipinski definition) is 0. The molecule has 1 aromatic rings. The molecule has 0 amide bonds. The maximum Gasteiger partial charge on any atom is 0.194 e. The molecule has 98 valence electrons. The Morgan fingerprint density at radius 3 is 2.11 bits per heavy atom. The number of allylic oxidation sites excluding steroid dienone is 1. The van der Waals surface area contributed by atoms with E-state index in [1.807, 2.05) is 6.08 Å². The molecular formula is C15H17F3. The molecule has 0 N–H and O–H groups in total. The molecule has 0 nitrogen and oxygen atoms in total. The van der Waals surface area contributed by atoms with Crippen molar-refractivity contribution in [3.8, 4) is 0 Å². The summed E-state index contributed by atoms with van der Waals surface area (Å²) in [6, 6.07) is 2.27. The average Bonchev–Trinajstić information content (AvgIpc) is 2.37. The van der Waals surface area contributed by atoms with Gasteiger partial charge < -0.3 is 0 Å². The van der Waals surface area contributed by atoms with Gasteiger partial charge in [-0.15, -0.1) is 6.58 Å². The van der Waals surface area contributed by atoms with Gasteiger partial charge in [0.25, 0.3) is 0 Å². The first kappa shape index (κ1) is 13.2. The molecule has 0 bridgehead atoms. The van der Waals surface area contributed by atoms with Crippen molar-refractivity contribution in [2.45, 2.75) is 38.0 Å². The number of halogens is 3. The summed E-state index contributed by atoms with van der Waals surface area (Å²) in [6.07, 6.45) is 6.81. The zero-order valence-corrected chi connectivity index (χ0v) is 10.3. The maximum atomic E-state index is 13.2. The summed E-state index contributed by atoms with van der Waals surface area (Å²) in [6.45, 7) is 3.72. The van der Waals surface area contributed by atoms with E-state index in [1.165, 1.54) is 0 Å². The molecule has 0 aliphatic heterocycles. The third kappa shape index (κ3) is 2.77. The second kappa shape index (κ2) is 5.59. The van der Waals surface area contributed by atoms with Crippen LogP contribution in [0.25, 0.3) is 0 Å². The fourth-order valence-corrected chi connectivity index (χ4v) is 2.78. The van der Waals surface area contributed by atoms with Crippen molar-refractivity contribution >= 4 is 0 Å². The molecule has 0 aromatic heterocycles. The minimum absolute atomic E-state index is 0.149. The number of benzene rings is 1. The van der Waals surface area contributed by atoms with Crippen LogP contribution in [0.1, 0.15) is 43.6 Å². The number of rotatable bonds is 3. The van der Waals surface area contributed by atoms with Crippen molar-refractivity contribution in [2.75, 3.05) is 0 Å². The molecule has 1 aliphatic carbocycles. The third-order valence-corrected chi connectivity index (χ3v) is 3.82. The van der Waals surface area contributed by atoms with E-state index in [1.54, 1.807) is 0 Å². The summed E-state index contributed by atoms with van der Waals surface area (Å²) in [7, 11) is 0. The molecule has 0 spiro atoms. The van der Waals surface area contributed by atoms with Gasteiger partial charge in [-0.25, -0.2) is 13.2 Å². The lowest BCUT2D eigenvalue weighted by Crippen LogP contribution is -2.13. The first-order valence-electron chi connectivity index (χ1n) is 6.37. The highest BCUT2D eigenvalue weighted by molar-refractivity contribution is 5.23. The molecule has 2 rings (SSSR count). The van der Waals surface area contributed by atoms with E-state index in [0.29, 0.717) is 11.5 Å². The van der Waals surface area contributed by atoms with E-state index in [0.717, 1.165) is 44.2 Å². The summed E-state index contributed by atoms with van der Waals surface area (Å²) in [4.78, 5) is 0. The molecule has 0 radical (unpaired) electrons. The minimum Gasteiger partial charge on any atom is -0.204 e. The molecule has 0 saturated heterocycles. The lowest BCUT2D eigenvalue weighted by atomic mass is 9.77. The highest BCUT2D eigenvalue weighted by Crippen LogP contribution is 2.37. The van der Waals surface area contributed by atoms with Crippen LogP contribution in [0.3, 0.4) is 0 Å². The Hall–Kier alpha value is -1.25. The Morgan fingerprint density at radius 2 is 1.61 bits per heavy atom. The van der Waals surface area contributed by atoms with Gasteiger partial charge in [0.15, 0.2) is 17.5 Å². The summed E-state index contributed by atoms with van der Waals surface area (Å²) in [5.41, 5.74) is 0.587. The third-order valence-electron chi connectivity index (χ3n) is 3.82. The number of hydrogen-bond donors (Lipinski definition) is 0. The van der Waals surface area contributed by atoms with Gasteiger partial charge in [-0.05, 0) is 61.6 Å². The van der Waals surface area contributed by atoms with E-state index in [2.05, 4.69) is 6.58 Å². The first-order chi connectivity index (χ1) is 8.61. The molecule has 1 aliphatic rings. The molecule has 0 heterocycles. The topological polar surface area (TPSA) is 0 Å². The summed E-state index contributed by atoms with van der Waals surface area (Å²) < 4.78 is 39.2. The van der Waals surface area contributed by atoms with Crippen LogP contribution in [0, 0.1) is 23.4 Å². The van der Waals surface area contributed by atoms with Gasteiger partial charge in [-0.2, -0.15) is 0 Å². The normalized spacial score (nSPS) is 23.9. The van der Waals surface area contributed by atoms with Gasteiger partial charge in [0.2, 0.25) is 0 Å². The molecule has 0 atom stereocenters. The Labute approximate surface area is 106 Å². The Kier molecular flexibility index (Phi) is 4.10. The molecule has 1 fully saturated rings. The largest absolute Gasteiger partial charge is 0.204 e. The Bertz CT molecular complexity index is 408. The lowest BCUT2D eigenvalue weighted by Gasteiger charge is -2.28. The summed E-state index contributed by atoms with van der Waals surface area (Å²) >= 11 is 0. The van der Waals surface area contributed by atoms with Crippen LogP contribution in [-0.2, 0) is 0 Å². The standard InChI is InChI=1S/C15H17F3/c1-2-3-10-4-6-11(7-5-10)12-8-13(16)15(18)14(17)9-12/h2,8-11H,1,3-7H2/t10-,11-. The zero-order chi connectivity index (χ0) is 13.1. The molecule has 3 heteroatoms. The highest BCUT2D eigenvalue weighted by atomic mass is 19.2. The van der Waals surface area contributed by atoms with Crippen LogP contribution in [0.4, 0.5) is 13.2 Å². The van der Waals surface area contributed by atoms with Crippen molar-refractivity contribution in [3.63, 3.8) is 0 Å². The van der Waals surface area contributed by atoms with E-state index in [4.69, 9.17) is 0 Å². The fourth-order valence-electron chi connectivity index (χ4n) is 2.78. The second-order valence-corrected chi connectivity index (χ2v) is 5.04. The highest BCUT2D eigenvalue weighted by Gasteiger charge is 2.23. The van der Waals surface area contributed by atoms with Crippen LogP contribution in [-0.4, -0.2) is 0 Å². The van der Waals surface area contributed by atoms with Crippen molar-refractivity contribution in [2.24, 2.45) is 5.92 Å². The maximum absolute atomic E-state index is 13.2. The van der Waals surface area contributed by atoms with Crippen molar-refractivity contribution < 1.29 is 13.2 Å². The van der Waals surface area contributed by atoms with E-state index < -0.39 is 17.5 Å². The first-order valence-corrected chi connectivity index (χ1v) is 6.37.